The third kappa shape index (κ3) is 1.45. The van der Waals surface area contributed by atoms with Gasteiger partial charge in [0.05, 0.1) is 11.4 Å². The summed E-state index contributed by atoms with van der Waals surface area (Å²) < 4.78 is 0. The van der Waals surface area contributed by atoms with Crippen molar-refractivity contribution in [2.75, 3.05) is 0 Å². The molecule has 0 radical (unpaired) electrons. The molecule has 2 heteroatoms. The van der Waals surface area contributed by atoms with Crippen molar-refractivity contribution in [2.45, 2.75) is 0 Å². The third-order valence-corrected chi connectivity index (χ3v) is 1.80. The number of hydrogen-bond donors (Lipinski definition) is 1. The van der Waals surface area contributed by atoms with E-state index < -0.39 is 0 Å². The fourth-order valence-electron chi connectivity index (χ4n) is 1.13. The Morgan fingerprint density at radius 2 is 2.23 bits per heavy atom. The van der Waals surface area contributed by atoms with Gasteiger partial charge in [0.1, 0.15) is 0 Å². The molecular weight excluding hydrogens is 160 g/mol. The van der Waals surface area contributed by atoms with Crippen molar-refractivity contribution >= 4 is 6.21 Å². The van der Waals surface area contributed by atoms with Crippen LogP contribution in [0, 0.1) is 12.3 Å². The first kappa shape index (κ1) is 7.63. The summed E-state index contributed by atoms with van der Waals surface area (Å²) >= 11 is 0. The molecule has 0 aliphatic carbocycles. The number of hydrogen-bond acceptors (Lipinski definition) is 2. The average molecular weight is 168 g/mol. The van der Waals surface area contributed by atoms with E-state index in [2.05, 4.69) is 16.2 Å². The minimum absolute atomic E-state index is 0.782. The van der Waals surface area contributed by atoms with E-state index in [4.69, 9.17) is 6.42 Å². The molecule has 1 N–H and O–H groups in total. The predicted octanol–water partition coefficient (Wildman–Crippen LogP) is 1.52. The zero-order chi connectivity index (χ0) is 9.10. The van der Waals surface area contributed by atoms with Gasteiger partial charge in [-0.1, -0.05) is 5.92 Å². The molecule has 0 atom stereocenters. The first-order chi connectivity index (χ1) is 6.40. The lowest BCUT2D eigenvalue weighted by atomic mass is 10.2. The van der Waals surface area contributed by atoms with Gasteiger partial charge in [-0.3, -0.25) is 4.99 Å². The monoisotopic (exact) mass is 168 g/mol. The van der Waals surface area contributed by atoms with E-state index in [1.165, 1.54) is 0 Å². The van der Waals surface area contributed by atoms with Crippen LogP contribution in [0.15, 0.2) is 52.5 Å². The molecule has 13 heavy (non-hydrogen) atoms. The average Bonchev–Trinajstić information content (AvgIpc) is 2.39. The quantitative estimate of drug-likeness (QED) is 0.545. The molecule has 0 aromatic heterocycles. The molecule has 62 valence electrons. The zero-order valence-corrected chi connectivity index (χ0v) is 6.99. The summed E-state index contributed by atoms with van der Waals surface area (Å²) in [5.41, 5.74) is 2.66. The van der Waals surface area contributed by atoms with Crippen molar-refractivity contribution in [3.63, 3.8) is 0 Å². The second-order valence-electron chi connectivity index (χ2n) is 2.66. The van der Waals surface area contributed by atoms with Crippen LogP contribution in [-0.4, -0.2) is 6.21 Å². The highest BCUT2D eigenvalue weighted by Gasteiger charge is 2.05. The first-order valence-corrected chi connectivity index (χ1v) is 3.96. The Balaban J connectivity index is 2.43. The number of nitrogens with one attached hydrogen (secondary N) is 1. The van der Waals surface area contributed by atoms with Crippen LogP contribution < -0.4 is 5.32 Å². The molecular formula is C11H8N2. The molecule has 0 fully saturated rings. The maximum Gasteiger partial charge on any atom is 0.0865 e. The van der Waals surface area contributed by atoms with Gasteiger partial charge < -0.3 is 5.32 Å². The van der Waals surface area contributed by atoms with Crippen molar-refractivity contribution in [3.8, 4) is 12.3 Å². The van der Waals surface area contributed by atoms with E-state index in [9.17, 15) is 0 Å². The van der Waals surface area contributed by atoms with Gasteiger partial charge in [0, 0.05) is 18.0 Å². The summed E-state index contributed by atoms with van der Waals surface area (Å²) in [6.07, 6.45) is 16.5. The minimum Gasteiger partial charge on any atom is -0.360 e. The van der Waals surface area contributed by atoms with Crippen LogP contribution in [0.5, 0.6) is 0 Å². The van der Waals surface area contributed by atoms with Crippen LogP contribution in [0.25, 0.3) is 0 Å². The Hall–Kier alpha value is -2.01. The standard InChI is InChI=1S/C11H8N2/c1-2-9-5-6-11-10(13-8-9)4-3-7-12-11/h1,3-8,12H. The fourth-order valence-corrected chi connectivity index (χ4v) is 1.13. The Morgan fingerprint density at radius 1 is 1.31 bits per heavy atom. The van der Waals surface area contributed by atoms with Gasteiger partial charge in [-0.25, -0.2) is 0 Å². The summed E-state index contributed by atoms with van der Waals surface area (Å²) in [7, 11) is 0. The van der Waals surface area contributed by atoms with Gasteiger partial charge in [-0.05, 0) is 24.3 Å². The maximum atomic E-state index is 5.27. The topological polar surface area (TPSA) is 24.4 Å². The van der Waals surface area contributed by atoms with Gasteiger partial charge in [0.2, 0.25) is 0 Å². The Labute approximate surface area is 77.1 Å². The molecule has 0 bridgehead atoms. The number of fused-ring (bicyclic) bond motifs is 1. The van der Waals surface area contributed by atoms with Crippen LogP contribution in [-0.2, 0) is 0 Å². The van der Waals surface area contributed by atoms with Crippen LogP contribution in [0.2, 0.25) is 0 Å². The van der Waals surface area contributed by atoms with Crippen LogP contribution in [0.3, 0.4) is 0 Å². The molecule has 0 spiro atoms. The third-order valence-electron chi connectivity index (χ3n) is 1.80. The number of nitrogens with zero attached hydrogens (tertiary/aromatic N) is 1. The summed E-state index contributed by atoms with van der Waals surface area (Å²) in [6, 6.07) is 0. The molecule has 0 amide bonds. The summed E-state index contributed by atoms with van der Waals surface area (Å²) in [5.74, 6) is 2.55. The van der Waals surface area contributed by atoms with Crippen molar-refractivity contribution < 1.29 is 0 Å². The van der Waals surface area contributed by atoms with Crippen LogP contribution in [0.4, 0.5) is 0 Å². The Kier molecular flexibility index (Phi) is 1.85. The number of terminal acetylenes is 1. The van der Waals surface area contributed by atoms with Crippen molar-refractivity contribution in [2.24, 2.45) is 4.99 Å². The molecule has 0 aromatic rings. The molecule has 0 unspecified atom stereocenters. The minimum atomic E-state index is 0.782. The number of aliphatic imine (C=N–C) groups is 1. The first-order valence-electron chi connectivity index (χ1n) is 3.96. The predicted molar refractivity (Wildman–Crippen MR) is 53.8 cm³/mol. The molecule has 2 aliphatic rings. The molecule has 0 saturated heterocycles. The number of allylic oxidation sites excluding steroid dienone is 5. The fraction of sp³-hybridized carbons (Fsp3) is 0. The highest BCUT2D eigenvalue weighted by molar-refractivity contribution is 5.86. The lowest BCUT2D eigenvalue weighted by molar-refractivity contribution is 1.04. The van der Waals surface area contributed by atoms with Crippen molar-refractivity contribution in [1.29, 1.82) is 0 Å². The van der Waals surface area contributed by atoms with Gasteiger partial charge in [-0.2, -0.15) is 0 Å². The van der Waals surface area contributed by atoms with Gasteiger partial charge >= 0.3 is 0 Å². The van der Waals surface area contributed by atoms with Gasteiger partial charge in [0.15, 0.2) is 0 Å². The molecule has 2 heterocycles. The molecule has 0 aromatic carbocycles. The maximum absolute atomic E-state index is 5.27. The van der Waals surface area contributed by atoms with Crippen molar-refractivity contribution in [1.82, 2.24) is 5.32 Å². The summed E-state index contributed by atoms with van der Waals surface area (Å²) in [6.45, 7) is 0. The van der Waals surface area contributed by atoms with E-state index in [-0.39, 0.29) is 0 Å². The number of rotatable bonds is 0. The number of dihydropyridines is 1. The summed E-state index contributed by atoms with van der Waals surface area (Å²) in [5, 5.41) is 3.09. The van der Waals surface area contributed by atoms with Gasteiger partial charge in [-0.15, -0.1) is 6.42 Å². The van der Waals surface area contributed by atoms with Crippen LogP contribution >= 0.6 is 0 Å². The highest BCUT2D eigenvalue weighted by Crippen LogP contribution is 2.15. The Morgan fingerprint density at radius 3 is 3.08 bits per heavy atom. The largest absolute Gasteiger partial charge is 0.360 e. The Bertz CT molecular complexity index is 412. The normalized spacial score (nSPS) is 18.5. The van der Waals surface area contributed by atoms with Crippen LogP contribution in [0.1, 0.15) is 0 Å². The second kappa shape index (κ2) is 3.16. The molecule has 2 aliphatic heterocycles. The van der Waals surface area contributed by atoms with E-state index in [0.29, 0.717) is 0 Å². The van der Waals surface area contributed by atoms with E-state index in [0.717, 1.165) is 17.0 Å². The SMILES string of the molecule is C#CC1=CC=C2NC=CC=C2N=C1. The van der Waals surface area contributed by atoms with E-state index in [1.54, 1.807) is 6.21 Å². The molecule has 2 nitrogen and oxygen atoms in total. The lowest BCUT2D eigenvalue weighted by Gasteiger charge is -2.08. The zero-order valence-electron chi connectivity index (χ0n) is 6.99. The smallest absolute Gasteiger partial charge is 0.0865 e. The van der Waals surface area contributed by atoms with E-state index >= 15 is 0 Å². The van der Waals surface area contributed by atoms with E-state index in [1.807, 2.05) is 30.5 Å². The van der Waals surface area contributed by atoms with Gasteiger partial charge in [0.25, 0.3) is 0 Å². The summed E-state index contributed by atoms with van der Waals surface area (Å²) in [4.78, 5) is 4.24. The molecule has 0 saturated carbocycles. The molecule has 2 rings (SSSR count). The lowest BCUT2D eigenvalue weighted by Crippen LogP contribution is -2.08. The highest BCUT2D eigenvalue weighted by atomic mass is 14.9. The second-order valence-corrected chi connectivity index (χ2v) is 2.66. The van der Waals surface area contributed by atoms with Crippen molar-refractivity contribution in [3.05, 3.63) is 47.5 Å².